The molecule has 0 aliphatic heterocycles. The number of hydrogen-bond acceptors (Lipinski definition) is 4. The van der Waals surface area contributed by atoms with Crippen molar-refractivity contribution < 1.29 is 12.8 Å². The molecule has 1 aromatic heterocycles. The fourth-order valence-corrected chi connectivity index (χ4v) is 3.23. The van der Waals surface area contributed by atoms with E-state index < -0.39 is 10.0 Å². The molecule has 0 aliphatic carbocycles. The van der Waals surface area contributed by atoms with E-state index in [0.29, 0.717) is 15.5 Å². The second-order valence-corrected chi connectivity index (χ2v) is 7.38. The first kappa shape index (κ1) is 15.4. The summed E-state index contributed by atoms with van der Waals surface area (Å²) in [5.74, 6) is 0.532. The zero-order chi connectivity index (χ0) is 14.9. The van der Waals surface area contributed by atoms with E-state index in [1.54, 1.807) is 12.1 Å². The Hall–Kier alpha value is -1.02. The highest BCUT2D eigenvalue weighted by Crippen LogP contribution is 2.25. The maximum absolute atomic E-state index is 12.4. The molecule has 0 radical (unpaired) electrons. The summed E-state index contributed by atoms with van der Waals surface area (Å²) in [6.07, 6.45) is 0. The maximum atomic E-state index is 12.4. The van der Waals surface area contributed by atoms with Gasteiger partial charge in [0.15, 0.2) is 4.67 Å². The lowest BCUT2D eigenvalue weighted by molar-refractivity contribution is 0.398. The van der Waals surface area contributed by atoms with Crippen LogP contribution in [-0.2, 0) is 16.6 Å². The van der Waals surface area contributed by atoms with Crippen LogP contribution in [0.1, 0.15) is 5.76 Å². The summed E-state index contributed by atoms with van der Waals surface area (Å²) in [6, 6.07) is 7.62. The third-order valence-electron chi connectivity index (χ3n) is 2.68. The molecule has 0 aliphatic rings. The van der Waals surface area contributed by atoms with Crippen LogP contribution in [0.15, 0.2) is 44.3 Å². The minimum absolute atomic E-state index is 0.0903. The molecular formula is C12H12BrClN2O3S. The Morgan fingerprint density at radius 3 is 2.60 bits per heavy atom. The molecule has 0 bridgehead atoms. The first-order valence-electron chi connectivity index (χ1n) is 5.56. The average Bonchev–Trinajstić information content (AvgIpc) is 2.78. The van der Waals surface area contributed by atoms with Crippen molar-refractivity contribution in [2.75, 3.05) is 12.8 Å². The Balaban J connectivity index is 2.27. The number of hydrogen-bond donors (Lipinski definition) is 1. The van der Waals surface area contributed by atoms with Crippen LogP contribution in [0, 0.1) is 0 Å². The summed E-state index contributed by atoms with van der Waals surface area (Å²) in [5.41, 5.74) is 5.86. The predicted octanol–water partition coefficient (Wildman–Crippen LogP) is 3.10. The monoisotopic (exact) mass is 378 g/mol. The van der Waals surface area contributed by atoms with Crippen molar-refractivity contribution in [1.29, 1.82) is 0 Å². The van der Waals surface area contributed by atoms with E-state index in [-0.39, 0.29) is 17.1 Å². The first-order chi connectivity index (χ1) is 9.30. The standard InChI is InChI=1S/C12H12BrClN2O3S/c1-16(7-8-2-5-12(13)19-8)20(17,18)9-3-4-10(14)11(15)6-9/h2-6H,7,15H2,1H3. The number of nitrogens with zero attached hydrogens (tertiary/aromatic N) is 1. The van der Waals surface area contributed by atoms with Crippen LogP contribution in [0.4, 0.5) is 5.69 Å². The minimum Gasteiger partial charge on any atom is -0.453 e. The summed E-state index contributed by atoms with van der Waals surface area (Å²) in [4.78, 5) is 0.0903. The lowest BCUT2D eigenvalue weighted by Crippen LogP contribution is -2.26. The van der Waals surface area contributed by atoms with Gasteiger partial charge in [0, 0.05) is 7.05 Å². The van der Waals surface area contributed by atoms with Gasteiger partial charge in [0.2, 0.25) is 10.0 Å². The van der Waals surface area contributed by atoms with Crippen LogP contribution in [0.25, 0.3) is 0 Å². The van der Waals surface area contributed by atoms with E-state index in [9.17, 15) is 8.42 Å². The molecule has 0 spiro atoms. The molecule has 2 N–H and O–H groups in total. The highest BCUT2D eigenvalue weighted by atomic mass is 79.9. The summed E-state index contributed by atoms with van der Waals surface area (Å²) in [5, 5.41) is 0.321. The molecule has 0 unspecified atom stereocenters. The molecule has 5 nitrogen and oxygen atoms in total. The summed E-state index contributed by atoms with van der Waals surface area (Å²) < 4.78 is 31.8. The minimum atomic E-state index is -3.65. The summed E-state index contributed by atoms with van der Waals surface area (Å²) in [7, 11) is -2.18. The molecule has 1 aromatic carbocycles. The third-order valence-corrected chi connectivity index (χ3v) is 5.25. The van der Waals surface area contributed by atoms with Crippen LogP contribution in [0.3, 0.4) is 0 Å². The molecule has 0 saturated heterocycles. The van der Waals surface area contributed by atoms with Gasteiger partial charge in [-0.15, -0.1) is 0 Å². The predicted molar refractivity (Wildman–Crippen MR) is 80.9 cm³/mol. The quantitative estimate of drug-likeness (QED) is 0.828. The molecule has 0 saturated carbocycles. The molecule has 0 atom stereocenters. The Kier molecular flexibility index (Phi) is 4.43. The van der Waals surface area contributed by atoms with Crippen LogP contribution in [0.2, 0.25) is 5.02 Å². The number of nitrogens with two attached hydrogens (primary N) is 1. The van der Waals surface area contributed by atoms with Gasteiger partial charge in [0.1, 0.15) is 5.76 Å². The van der Waals surface area contributed by atoms with Crippen LogP contribution in [0.5, 0.6) is 0 Å². The normalized spacial score (nSPS) is 12.0. The van der Waals surface area contributed by atoms with Crippen molar-refractivity contribution in [2.24, 2.45) is 0 Å². The van der Waals surface area contributed by atoms with E-state index in [4.69, 9.17) is 21.8 Å². The van der Waals surface area contributed by atoms with Crippen molar-refractivity contribution >= 4 is 43.2 Å². The fraction of sp³-hybridized carbons (Fsp3) is 0.167. The van der Waals surface area contributed by atoms with E-state index in [0.717, 1.165) is 0 Å². The number of nitrogen functional groups attached to an aromatic ring is 1. The van der Waals surface area contributed by atoms with E-state index in [2.05, 4.69) is 15.9 Å². The Labute approximate surface area is 130 Å². The Bertz CT molecular complexity index is 730. The van der Waals surface area contributed by atoms with Gasteiger partial charge in [-0.3, -0.25) is 0 Å². The van der Waals surface area contributed by atoms with Crippen LogP contribution < -0.4 is 5.73 Å². The summed E-state index contributed by atoms with van der Waals surface area (Å²) in [6.45, 7) is 0.121. The van der Waals surface area contributed by atoms with E-state index >= 15 is 0 Å². The second kappa shape index (κ2) is 5.77. The number of sulfonamides is 1. The molecule has 2 aromatic rings. The zero-order valence-corrected chi connectivity index (χ0v) is 13.7. The van der Waals surface area contributed by atoms with Gasteiger partial charge in [-0.2, -0.15) is 4.31 Å². The zero-order valence-electron chi connectivity index (χ0n) is 10.5. The highest BCUT2D eigenvalue weighted by Gasteiger charge is 2.22. The Morgan fingerprint density at radius 1 is 1.35 bits per heavy atom. The van der Waals surface area contributed by atoms with Gasteiger partial charge < -0.3 is 10.2 Å². The smallest absolute Gasteiger partial charge is 0.243 e. The van der Waals surface area contributed by atoms with Gasteiger partial charge in [-0.1, -0.05) is 11.6 Å². The summed E-state index contributed by atoms with van der Waals surface area (Å²) >= 11 is 8.96. The fourth-order valence-electron chi connectivity index (χ4n) is 1.60. The van der Waals surface area contributed by atoms with Crippen LogP contribution in [-0.4, -0.2) is 19.8 Å². The van der Waals surface area contributed by atoms with E-state index in [1.807, 2.05) is 0 Å². The lowest BCUT2D eigenvalue weighted by atomic mass is 10.3. The number of halogens is 2. The van der Waals surface area contributed by atoms with Gasteiger partial charge in [-0.05, 0) is 46.3 Å². The molecule has 20 heavy (non-hydrogen) atoms. The first-order valence-corrected chi connectivity index (χ1v) is 8.17. The average molecular weight is 380 g/mol. The van der Waals surface area contributed by atoms with Crippen molar-refractivity contribution in [2.45, 2.75) is 11.4 Å². The second-order valence-electron chi connectivity index (χ2n) is 4.15. The van der Waals surface area contributed by atoms with Gasteiger partial charge in [0.25, 0.3) is 0 Å². The Morgan fingerprint density at radius 2 is 2.05 bits per heavy atom. The molecule has 8 heteroatoms. The largest absolute Gasteiger partial charge is 0.453 e. The van der Waals surface area contributed by atoms with Gasteiger partial charge >= 0.3 is 0 Å². The molecule has 0 fully saturated rings. The molecule has 1 heterocycles. The number of benzene rings is 1. The van der Waals surface area contributed by atoms with Crippen LogP contribution >= 0.6 is 27.5 Å². The molecular weight excluding hydrogens is 368 g/mol. The number of furan rings is 1. The lowest BCUT2D eigenvalue weighted by Gasteiger charge is -2.16. The van der Waals surface area contributed by atoms with Crippen molar-refractivity contribution in [1.82, 2.24) is 4.31 Å². The van der Waals surface area contributed by atoms with Gasteiger partial charge in [0.05, 0.1) is 22.2 Å². The molecule has 2 rings (SSSR count). The van der Waals surface area contributed by atoms with Gasteiger partial charge in [-0.25, -0.2) is 8.42 Å². The highest BCUT2D eigenvalue weighted by molar-refractivity contribution is 9.10. The third kappa shape index (κ3) is 3.17. The maximum Gasteiger partial charge on any atom is 0.243 e. The van der Waals surface area contributed by atoms with Crippen molar-refractivity contribution in [3.05, 3.63) is 45.8 Å². The van der Waals surface area contributed by atoms with Crippen molar-refractivity contribution in [3.8, 4) is 0 Å². The SMILES string of the molecule is CN(Cc1ccc(Br)o1)S(=O)(=O)c1ccc(Cl)c(N)c1. The van der Waals surface area contributed by atoms with E-state index in [1.165, 1.54) is 29.6 Å². The number of anilines is 1. The van der Waals surface area contributed by atoms with Crippen molar-refractivity contribution in [3.63, 3.8) is 0 Å². The number of rotatable bonds is 4. The molecule has 0 amide bonds. The molecule has 108 valence electrons. The topological polar surface area (TPSA) is 76.5 Å².